The molecule has 0 saturated carbocycles. The van der Waals surface area contributed by atoms with Crippen LogP contribution in [0.25, 0.3) is 0 Å². The quantitative estimate of drug-likeness (QED) is 0.610. The largest absolute Gasteiger partial charge is 0.357 e. The first-order chi connectivity index (χ1) is 6.27. The number of ketones is 1. The first-order valence-electron chi connectivity index (χ1n) is 4.10. The zero-order valence-corrected chi connectivity index (χ0v) is 7.28. The first kappa shape index (κ1) is 7.98. The molecule has 1 aliphatic rings. The summed E-state index contributed by atoms with van der Waals surface area (Å²) in [6, 6.07) is 5.38. The van der Waals surface area contributed by atoms with E-state index in [1.807, 2.05) is 6.07 Å². The summed E-state index contributed by atoms with van der Waals surface area (Å²) in [6.45, 7) is 1.56. The molecule has 0 aromatic heterocycles. The zero-order valence-electron chi connectivity index (χ0n) is 7.28. The van der Waals surface area contributed by atoms with E-state index in [0.29, 0.717) is 0 Å². The molecule has 1 heterocycles. The summed E-state index contributed by atoms with van der Waals surface area (Å²) in [6.07, 6.45) is 2.42. The third-order valence-electron chi connectivity index (χ3n) is 2.00. The van der Waals surface area contributed by atoms with Crippen LogP contribution in [-0.2, 0) is 6.42 Å². The van der Waals surface area contributed by atoms with E-state index in [-0.39, 0.29) is 5.78 Å². The fraction of sp³-hybridized carbons (Fsp3) is 0.200. The molecule has 1 aromatic carbocycles. The molecule has 66 valence electrons. The van der Waals surface area contributed by atoms with Crippen molar-refractivity contribution < 1.29 is 9.63 Å². The minimum absolute atomic E-state index is 0.0744. The van der Waals surface area contributed by atoms with E-state index >= 15 is 0 Å². The van der Waals surface area contributed by atoms with Crippen molar-refractivity contribution in [2.45, 2.75) is 13.3 Å². The van der Waals surface area contributed by atoms with Gasteiger partial charge in [-0.15, -0.1) is 0 Å². The van der Waals surface area contributed by atoms with Gasteiger partial charge in [0.2, 0.25) is 0 Å². The number of hydrogen-bond acceptors (Lipinski definition) is 3. The second-order valence-electron chi connectivity index (χ2n) is 2.96. The molecule has 0 saturated heterocycles. The lowest BCUT2D eigenvalue weighted by Crippen LogP contribution is -2.02. The van der Waals surface area contributed by atoms with Crippen molar-refractivity contribution in [2.75, 3.05) is 0 Å². The van der Waals surface area contributed by atoms with Gasteiger partial charge in [-0.25, -0.2) is 0 Å². The molecule has 0 bridgehead atoms. The molecule has 3 nitrogen and oxygen atoms in total. The van der Waals surface area contributed by atoms with Gasteiger partial charge in [-0.1, -0.05) is 5.16 Å². The molecule has 0 unspecified atom stereocenters. The number of hydrogen-bond donors (Lipinski definition) is 0. The molecule has 0 spiro atoms. The van der Waals surface area contributed by atoms with Crippen LogP contribution in [0.1, 0.15) is 22.8 Å². The van der Waals surface area contributed by atoms with Crippen LogP contribution in [0.5, 0.6) is 5.75 Å². The second kappa shape index (κ2) is 3.01. The van der Waals surface area contributed by atoms with E-state index in [1.54, 1.807) is 25.3 Å². The van der Waals surface area contributed by atoms with Crippen molar-refractivity contribution in [2.24, 2.45) is 5.16 Å². The third-order valence-corrected chi connectivity index (χ3v) is 2.00. The van der Waals surface area contributed by atoms with Gasteiger partial charge in [0, 0.05) is 23.8 Å². The Balaban J connectivity index is 2.44. The van der Waals surface area contributed by atoms with Gasteiger partial charge in [0.05, 0.1) is 0 Å². The molecular formula is C10H9NO2. The van der Waals surface area contributed by atoms with Crippen LogP contribution in [0.3, 0.4) is 0 Å². The van der Waals surface area contributed by atoms with E-state index in [2.05, 4.69) is 5.16 Å². The van der Waals surface area contributed by atoms with Gasteiger partial charge in [0.15, 0.2) is 11.5 Å². The summed E-state index contributed by atoms with van der Waals surface area (Å²) in [7, 11) is 0. The highest BCUT2D eigenvalue weighted by Crippen LogP contribution is 2.23. The minimum Gasteiger partial charge on any atom is -0.357 e. The van der Waals surface area contributed by atoms with Crippen LogP contribution in [-0.4, -0.2) is 12.0 Å². The molecule has 0 N–H and O–H groups in total. The summed E-state index contributed by atoms with van der Waals surface area (Å²) in [4.78, 5) is 16.1. The Morgan fingerprint density at radius 1 is 1.54 bits per heavy atom. The molecule has 13 heavy (non-hydrogen) atoms. The number of oxime groups is 1. The number of rotatable bonds is 1. The van der Waals surface area contributed by atoms with E-state index in [1.165, 1.54) is 0 Å². The normalized spacial score (nSPS) is 13.3. The molecule has 3 heteroatoms. The maximum absolute atomic E-state index is 11.1. The van der Waals surface area contributed by atoms with Gasteiger partial charge in [-0.3, -0.25) is 4.79 Å². The van der Waals surface area contributed by atoms with Crippen LogP contribution in [0.2, 0.25) is 0 Å². The third kappa shape index (κ3) is 1.45. The summed E-state index contributed by atoms with van der Waals surface area (Å²) in [5.41, 5.74) is 1.74. The minimum atomic E-state index is 0.0744. The predicted octanol–water partition coefficient (Wildman–Crippen LogP) is 1.81. The van der Waals surface area contributed by atoms with Crippen LogP contribution < -0.4 is 4.84 Å². The van der Waals surface area contributed by atoms with Crippen molar-refractivity contribution in [1.29, 1.82) is 0 Å². The van der Waals surface area contributed by atoms with Gasteiger partial charge in [-0.2, -0.15) is 0 Å². The van der Waals surface area contributed by atoms with Crippen molar-refractivity contribution >= 4 is 12.0 Å². The Kier molecular flexibility index (Phi) is 1.85. The SMILES string of the molecule is CC(=O)c1ccc2c(c1)CC=NO2. The summed E-state index contributed by atoms with van der Waals surface area (Å²) in [5.74, 6) is 0.817. The van der Waals surface area contributed by atoms with Gasteiger partial charge in [0.1, 0.15) is 0 Å². The fourth-order valence-electron chi connectivity index (χ4n) is 1.28. The standard InChI is InChI=1S/C10H9NO2/c1-7(12)8-2-3-10-9(6-8)4-5-11-13-10/h2-3,5-6H,4H2,1H3. The smallest absolute Gasteiger partial charge is 0.161 e. The maximum atomic E-state index is 11.1. The highest BCUT2D eigenvalue weighted by atomic mass is 16.6. The summed E-state index contributed by atoms with van der Waals surface area (Å²) >= 11 is 0. The van der Waals surface area contributed by atoms with Crippen LogP contribution >= 0.6 is 0 Å². The Bertz CT molecular complexity index is 383. The molecule has 1 aromatic rings. The molecule has 0 amide bonds. The molecule has 0 radical (unpaired) electrons. The van der Waals surface area contributed by atoms with E-state index < -0.39 is 0 Å². The monoisotopic (exact) mass is 175 g/mol. The number of Topliss-reactive ketones (excluding diaryl/α,β-unsaturated/α-hetero) is 1. The lowest BCUT2D eigenvalue weighted by atomic mass is 10.0. The summed E-state index contributed by atoms with van der Waals surface area (Å²) in [5, 5.41) is 3.68. The van der Waals surface area contributed by atoms with Crippen molar-refractivity contribution in [3.05, 3.63) is 29.3 Å². The van der Waals surface area contributed by atoms with Crippen molar-refractivity contribution in [3.63, 3.8) is 0 Å². The molecule has 2 rings (SSSR count). The fourth-order valence-corrected chi connectivity index (χ4v) is 1.28. The number of benzene rings is 1. The van der Waals surface area contributed by atoms with Crippen LogP contribution in [0.15, 0.2) is 23.4 Å². The zero-order chi connectivity index (χ0) is 9.26. The first-order valence-corrected chi connectivity index (χ1v) is 4.10. The van der Waals surface area contributed by atoms with E-state index in [4.69, 9.17) is 4.84 Å². The Hall–Kier alpha value is -1.64. The van der Waals surface area contributed by atoms with Gasteiger partial charge in [-0.05, 0) is 25.1 Å². The average Bonchev–Trinajstić information content (AvgIpc) is 2.17. The van der Waals surface area contributed by atoms with Crippen LogP contribution in [0, 0.1) is 0 Å². The molecule has 0 atom stereocenters. The predicted molar refractivity (Wildman–Crippen MR) is 49.3 cm³/mol. The molecule has 0 fully saturated rings. The van der Waals surface area contributed by atoms with Gasteiger partial charge >= 0.3 is 0 Å². The molecule has 0 aliphatic carbocycles. The van der Waals surface area contributed by atoms with Gasteiger partial charge in [0.25, 0.3) is 0 Å². The Morgan fingerprint density at radius 2 is 2.38 bits per heavy atom. The molecule has 1 aliphatic heterocycles. The topological polar surface area (TPSA) is 38.7 Å². The second-order valence-corrected chi connectivity index (χ2v) is 2.96. The van der Waals surface area contributed by atoms with E-state index in [0.717, 1.165) is 23.3 Å². The lowest BCUT2D eigenvalue weighted by molar-refractivity contribution is 0.101. The maximum Gasteiger partial charge on any atom is 0.161 e. The summed E-state index contributed by atoms with van der Waals surface area (Å²) < 4.78 is 0. The number of nitrogens with zero attached hydrogens (tertiary/aromatic N) is 1. The van der Waals surface area contributed by atoms with Gasteiger partial charge < -0.3 is 4.84 Å². The highest BCUT2D eigenvalue weighted by molar-refractivity contribution is 5.94. The highest BCUT2D eigenvalue weighted by Gasteiger charge is 2.09. The van der Waals surface area contributed by atoms with Crippen molar-refractivity contribution in [1.82, 2.24) is 0 Å². The Labute approximate surface area is 76.0 Å². The average molecular weight is 175 g/mol. The lowest BCUT2D eigenvalue weighted by Gasteiger charge is -2.10. The Morgan fingerprint density at radius 3 is 3.15 bits per heavy atom. The van der Waals surface area contributed by atoms with E-state index in [9.17, 15) is 4.79 Å². The molecular weight excluding hydrogens is 166 g/mol. The number of fused-ring (bicyclic) bond motifs is 1. The number of carbonyl (C=O) groups is 1. The number of carbonyl (C=O) groups excluding carboxylic acids is 1. The van der Waals surface area contributed by atoms with Crippen LogP contribution in [0.4, 0.5) is 0 Å². The van der Waals surface area contributed by atoms with Crippen molar-refractivity contribution in [3.8, 4) is 5.75 Å².